The van der Waals surface area contributed by atoms with Crippen molar-refractivity contribution in [3.63, 3.8) is 0 Å². The van der Waals surface area contributed by atoms with Gasteiger partial charge in [0, 0.05) is 16.5 Å². The third-order valence-electron chi connectivity index (χ3n) is 5.07. The zero-order chi connectivity index (χ0) is 23.9. The molecule has 32 heavy (non-hydrogen) atoms. The Labute approximate surface area is 188 Å². The van der Waals surface area contributed by atoms with Gasteiger partial charge in [0.1, 0.15) is 11.1 Å². The predicted molar refractivity (Wildman–Crippen MR) is 105 cm³/mol. The molecule has 0 amide bonds. The molecule has 0 fully saturated rings. The highest BCUT2D eigenvalue weighted by Crippen LogP contribution is 2.48. The van der Waals surface area contributed by atoms with Gasteiger partial charge < -0.3 is 4.74 Å². The molecule has 2 heterocycles. The van der Waals surface area contributed by atoms with E-state index in [1.54, 1.807) is 0 Å². The Balaban J connectivity index is 2.04. The number of alkyl halides is 6. The minimum absolute atomic E-state index is 0.0192. The molecule has 0 N–H and O–H groups in total. The van der Waals surface area contributed by atoms with Gasteiger partial charge in [-0.1, -0.05) is 29.3 Å². The molecule has 0 saturated heterocycles. The van der Waals surface area contributed by atoms with Crippen molar-refractivity contribution in [2.45, 2.75) is 30.6 Å². The van der Waals surface area contributed by atoms with Crippen molar-refractivity contribution in [1.29, 1.82) is 0 Å². The number of nitrogens with zero attached hydrogens (tertiary/aromatic N) is 2. The molecule has 1 unspecified atom stereocenters. The van der Waals surface area contributed by atoms with Crippen LogP contribution in [0.2, 0.25) is 10.0 Å². The van der Waals surface area contributed by atoms with Gasteiger partial charge in [-0.2, -0.15) is 26.3 Å². The quantitative estimate of drug-likeness (QED) is 0.394. The van der Waals surface area contributed by atoms with Crippen LogP contribution in [0.5, 0.6) is 0 Å². The van der Waals surface area contributed by atoms with E-state index in [2.05, 4.69) is 14.7 Å². The molecule has 0 aliphatic carbocycles. The van der Waals surface area contributed by atoms with E-state index >= 15 is 0 Å². The normalized spacial score (nSPS) is 19.1. The van der Waals surface area contributed by atoms with Gasteiger partial charge in [-0.15, -0.1) is 0 Å². The van der Waals surface area contributed by atoms with Crippen molar-refractivity contribution in [3.8, 4) is 0 Å². The third-order valence-corrected chi connectivity index (χ3v) is 5.51. The summed E-state index contributed by atoms with van der Waals surface area (Å²) in [5, 5.41) is -0.0385. The van der Waals surface area contributed by atoms with Crippen LogP contribution < -0.4 is 0 Å². The number of aliphatic imine (C=N–C) groups is 1. The number of aromatic nitrogens is 1. The van der Waals surface area contributed by atoms with Gasteiger partial charge in [-0.05, 0) is 35.4 Å². The second-order valence-electron chi connectivity index (χ2n) is 7.13. The first-order valence-corrected chi connectivity index (χ1v) is 9.73. The van der Waals surface area contributed by atoms with Gasteiger partial charge in [0.15, 0.2) is 0 Å². The van der Waals surface area contributed by atoms with Crippen LogP contribution in [0.4, 0.5) is 26.3 Å². The maximum absolute atomic E-state index is 14.2. The van der Waals surface area contributed by atoms with Gasteiger partial charge in [0.05, 0.1) is 31.5 Å². The molecule has 0 radical (unpaired) electrons. The highest BCUT2D eigenvalue weighted by atomic mass is 35.5. The molecular formula is C20H14Cl2F6N2O2. The number of hydrogen-bond acceptors (Lipinski definition) is 4. The number of rotatable bonds is 4. The summed E-state index contributed by atoms with van der Waals surface area (Å²) in [5.74, 6) is -0.919. The lowest BCUT2D eigenvalue weighted by Gasteiger charge is -2.31. The Hall–Kier alpha value is -2.33. The van der Waals surface area contributed by atoms with E-state index in [1.165, 1.54) is 6.07 Å². The topological polar surface area (TPSA) is 51.5 Å². The second-order valence-corrected chi connectivity index (χ2v) is 8.01. The Morgan fingerprint density at radius 3 is 2.25 bits per heavy atom. The molecule has 172 valence electrons. The summed E-state index contributed by atoms with van der Waals surface area (Å²) in [5.41, 5.74) is -5.26. The van der Waals surface area contributed by atoms with Crippen LogP contribution in [-0.2, 0) is 27.5 Å². The fraction of sp³-hybridized carbons (Fsp3) is 0.350. The molecule has 3 rings (SSSR count). The maximum Gasteiger partial charge on any atom is 0.433 e. The molecule has 1 aliphatic rings. The zero-order valence-electron chi connectivity index (χ0n) is 16.2. The highest BCUT2D eigenvalue weighted by Gasteiger charge is 2.58. The first-order chi connectivity index (χ1) is 14.8. The lowest BCUT2D eigenvalue weighted by molar-refractivity contribution is -0.183. The average molecular weight is 499 g/mol. The van der Waals surface area contributed by atoms with E-state index in [-0.39, 0.29) is 27.0 Å². The number of pyridine rings is 1. The highest BCUT2D eigenvalue weighted by molar-refractivity contribution is 6.34. The first kappa shape index (κ1) is 24.3. The number of hydrogen-bond donors (Lipinski definition) is 0. The van der Waals surface area contributed by atoms with Crippen LogP contribution in [0.25, 0.3) is 0 Å². The average Bonchev–Trinajstić information content (AvgIpc) is 3.13. The largest absolute Gasteiger partial charge is 0.469 e. The standard InChI is InChI=1S/C20H14Cl2F6N2O2/c1-32-16(31)4-10-2-3-14(30-17(10)19(23,24)25)15-8-18(9-29-15,20(26,27)28)11-5-12(21)7-13(22)6-11/h2-3,5-7H,4,8-9H2,1H3. The fourth-order valence-corrected chi connectivity index (χ4v) is 3.97. The smallest absolute Gasteiger partial charge is 0.433 e. The summed E-state index contributed by atoms with van der Waals surface area (Å²) in [4.78, 5) is 18.8. The molecule has 2 aromatic rings. The molecule has 0 spiro atoms. The number of carbonyl (C=O) groups is 1. The molecule has 1 aromatic carbocycles. The third kappa shape index (κ3) is 4.71. The summed E-state index contributed by atoms with van der Waals surface area (Å²) >= 11 is 11.7. The van der Waals surface area contributed by atoms with Crippen molar-refractivity contribution >= 4 is 34.9 Å². The molecule has 1 aromatic heterocycles. The molecule has 4 nitrogen and oxygen atoms in total. The van der Waals surface area contributed by atoms with E-state index in [0.717, 1.165) is 31.4 Å². The lowest BCUT2D eigenvalue weighted by Crippen LogP contribution is -2.43. The summed E-state index contributed by atoms with van der Waals surface area (Å²) < 4.78 is 87.4. The molecular weight excluding hydrogens is 485 g/mol. The van der Waals surface area contributed by atoms with Gasteiger partial charge in [-0.3, -0.25) is 9.79 Å². The zero-order valence-corrected chi connectivity index (χ0v) is 17.8. The minimum Gasteiger partial charge on any atom is -0.469 e. The summed E-state index contributed by atoms with van der Waals surface area (Å²) in [6.45, 7) is -0.768. The van der Waals surface area contributed by atoms with Gasteiger partial charge in [-0.25, -0.2) is 4.98 Å². The molecule has 1 atom stereocenters. The van der Waals surface area contributed by atoms with Crippen molar-refractivity contribution in [2.24, 2.45) is 4.99 Å². The molecule has 0 saturated carbocycles. The van der Waals surface area contributed by atoms with Crippen LogP contribution in [-0.4, -0.2) is 36.5 Å². The Morgan fingerprint density at radius 2 is 1.72 bits per heavy atom. The van der Waals surface area contributed by atoms with E-state index in [4.69, 9.17) is 23.2 Å². The minimum atomic E-state index is -4.94. The van der Waals surface area contributed by atoms with E-state index in [9.17, 15) is 31.1 Å². The monoisotopic (exact) mass is 498 g/mol. The van der Waals surface area contributed by atoms with Crippen LogP contribution in [0, 0.1) is 0 Å². The molecule has 12 heteroatoms. The Morgan fingerprint density at radius 1 is 1.09 bits per heavy atom. The van der Waals surface area contributed by atoms with Gasteiger partial charge >= 0.3 is 18.3 Å². The van der Waals surface area contributed by atoms with E-state index < -0.39 is 54.4 Å². The maximum atomic E-state index is 14.2. The second kappa shape index (κ2) is 8.55. The molecule has 0 bridgehead atoms. The van der Waals surface area contributed by atoms with Crippen LogP contribution >= 0.6 is 23.2 Å². The van der Waals surface area contributed by atoms with Crippen molar-refractivity contribution < 1.29 is 35.9 Å². The van der Waals surface area contributed by atoms with Crippen molar-refractivity contribution in [3.05, 3.63) is 62.9 Å². The van der Waals surface area contributed by atoms with E-state index in [0.29, 0.717) is 0 Å². The number of esters is 1. The van der Waals surface area contributed by atoms with Crippen molar-refractivity contribution in [1.82, 2.24) is 4.98 Å². The van der Waals surface area contributed by atoms with Crippen LogP contribution in [0.3, 0.4) is 0 Å². The predicted octanol–water partition coefficient (Wildman–Crippen LogP) is 5.82. The van der Waals surface area contributed by atoms with Crippen LogP contribution in [0.15, 0.2) is 35.3 Å². The Bertz CT molecular complexity index is 1060. The number of halogens is 8. The number of carbonyl (C=O) groups excluding carboxylic acids is 1. The summed E-state index contributed by atoms with van der Waals surface area (Å²) in [7, 11) is 1.02. The van der Waals surface area contributed by atoms with Gasteiger partial charge in [0.2, 0.25) is 0 Å². The molecule has 1 aliphatic heterocycles. The first-order valence-electron chi connectivity index (χ1n) is 8.98. The number of benzene rings is 1. The number of ether oxygens (including phenoxy) is 1. The van der Waals surface area contributed by atoms with E-state index in [1.807, 2.05) is 0 Å². The summed E-state index contributed by atoms with van der Waals surface area (Å²) in [6, 6.07) is 5.56. The van der Waals surface area contributed by atoms with Crippen molar-refractivity contribution in [2.75, 3.05) is 13.7 Å². The fourth-order valence-electron chi connectivity index (χ4n) is 3.44. The summed E-state index contributed by atoms with van der Waals surface area (Å²) in [6.07, 6.45) is -11.2. The number of methoxy groups -OCH3 is 1. The van der Waals surface area contributed by atoms with Gasteiger partial charge in [0.25, 0.3) is 0 Å². The lowest BCUT2D eigenvalue weighted by atomic mass is 9.77. The Kier molecular flexibility index (Phi) is 6.50. The SMILES string of the molecule is COC(=O)Cc1ccc(C2=NCC(c3cc(Cl)cc(Cl)c3)(C(F)(F)F)C2)nc1C(F)(F)F. The van der Waals surface area contributed by atoms with Crippen LogP contribution in [0.1, 0.15) is 28.9 Å².